The van der Waals surface area contributed by atoms with Gasteiger partial charge in [0, 0.05) is 32.8 Å². The van der Waals surface area contributed by atoms with Crippen LogP contribution in [-0.2, 0) is 11.3 Å². The van der Waals surface area contributed by atoms with Crippen molar-refractivity contribution in [1.29, 1.82) is 0 Å². The minimum absolute atomic E-state index is 0.312. The van der Waals surface area contributed by atoms with E-state index in [1.807, 2.05) is 37.3 Å². The van der Waals surface area contributed by atoms with E-state index in [0.29, 0.717) is 49.3 Å². The molecule has 0 fully saturated rings. The molecule has 3 aromatic carbocycles. The molecule has 4 rings (SSSR count). The third-order valence-corrected chi connectivity index (χ3v) is 5.83. The van der Waals surface area contributed by atoms with Crippen LogP contribution in [0.4, 0.5) is 8.78 Å². The molecule has 1 heterocycles. The Bertz CT molecular complexity index is 1260. The number of nitrogens with zero attached hydrogens (tertiary/aromatic N) is 3. The van der Waals surface area contributed by atoms with E-state index in [1.54, 1.807) is 36.1 Å². The fraction of sp³-hybridized carbons (Fsp3) is 0.250. The Morgan fingerprint density at radius 2 is 1.72 bits per heavy atom. The minimum atomic E-state index is -0.705. The predicted molar refractivity (Wildman–Crippen MR) is 133 cm³/mol. The number of methoxy groups -OCH3 is 1. The zero-order chi connectivity index (χ0) is 25.5. The van der Waals surface area contributed by atoms with Crippen molar-refractivity contribution >= 4 is 0 Å². The van der Waals surface area contributed by atoms with E-state index >= 15 is 0 Å². The van der Waals surface area contributed by atoms with Gasteiger partial charge >= 0.3 is 0 Å². The van der Waals surface area contributed by atoms with Crippen LogP contribution in [0.25, 0.3) is 5.69 Å². The Morgan fingerprint density at radius 1 is 0.972 bits per heavy atom. The van der Waals surface area contributed by atoms with Crippen LogP contribution in [0.3, 0.4) is 0 Å². The molecule has 1 N–H and O–H groups in total. The number of ether oxygens (including phenoxy) is 2. The average molecular weight is 494 g/mol. The zero-order valence-corrected chi connectivity index (χ0v) is 20.3. The van der Waals surface area contributed by atoms with E-state index in [-0.39, 0.29) is 5.82 Å². The fourth-order valence-electron chi connectivity index (χ4n) is 3.93. The molecule has 188 valence electrons. The third kappa shape index (κ3) is 6.34. The highest BCUT2D eigenvalue weighted by molar-refractivity contribution is 5.43. The van der Waals surface area contributed by atoms with Gasteiger partial charge < -0.3 is 14.6 Å². The zero-order valence-electron chi connectivity index (χ0n) is 20.3. The molecule has 8 heteroatoms. The van der Waals surface area contributed by atoms with E-state index in [0.717, 1.165) is 11.1 Å². The summed E-state index contributed by atoms with van der Waals surface area (Å²) in [5, 5.41) is 15.5. The number of hydrogen-bond acceptors (Lipinski definition) is 5. The summed E-state index contributed by atoms with van der Waals surface area (Å²) in [6, 6.07) is 21.2. The lowest BCUT2D eigenvalue weighted by molar-refractivity contribution is 0.0844. The Morgan fingerprint density at radius 3 is 2.42 bits per heavy atom. The number of benzene rings is 3. The van der Waals surface area contributed by atoms with Crippen LogP contribution in [0.1, 0.15) is 22.9 Å². The summed E-state index contributed by atoms with van der Waals surface area (Å²) in [7, 11) is 1.63. The quantitative estimate of drug-likeness (QED) is 0.302. The van der Waals surface area contributed by atoms with Crippen molar-refractivity contribution in [3.8, 4) is 17.3 Å². The highest BCUT2D eigenvalue weighted by Crippen LogP contribution is 2.32. The Hall–Kier alpha value is -3.59. The van der Waals surface area contributed by atoms with Gasteiger partial charge in [0.05, 0.1) is 29.7 Å². The first-order valence-electron chi connectivity index (χ1n) is 11.7. The van der Waals surface area contributed by atoms with Gasteiger partial charge in [-0.05, 0) is 48.9 Å². The first-order chi connectivity index (χ1) is 17.4. The molecule has 0 radical (unpaired) electrons. The third-order valence-electron chi connectivity index (χ3n) is 5.83. The lowest BCUT2D eigenvalue weighted by Crippen LogP contribution is -2.31. The van der Waals surface area contributed by atoms with E-state index in [2.05, 4.69) is 10.00 Å². The first-order valence-corrected chi connectivity index (χ1v) is 11.7. The van der Waals surface area contributed by atoms with Gasteiger partial charge in [-0.1, -0.05) is 36.4 Å². The molecular weight excluding hydrogens is 464 g/mol. The number of hydrogen-bond donors (Lipinski definition) is 1. The lowest BCUT2D eigenvalue weighted by atomic mass is 10.1. The van der Waals surface area contributed by atoms with Gasteiger partial charge in [-0.15, -0.1) is 0 Å². The summed E-state index contributed by atoms with van der Waals surface area (Å²) < 4.78 is 40.5. The van der Waals surface area contributed by atoms with Gasteiger partial charge in [0.1, 0.15) is 17.4 Å². The standard InChI is InChI=1S/C28H29F2N3O3/c1-20-26(18-32(15-16-35-2)19-27(34)21-7-4-3-5-8-21)28(36-25-10-6-9-23(30)17-25)33(31-20)24-13-11-22(29)12-14-24/h3-14,17,27,34H,15-16,18-19H2,1-2H3. The van der Waals surface area contributed by atoms with Crippen LogP contribution in [0.5, 0.6) is 11.6 Å². The van der Waals surface area contributed by atoms with Crippen molar-refractivity contribution in [2.24, 2.45) is 0 Å². The van der Waals surface area contributed by atoms with E-state index in [1.165, 1.54) is 24.3 Å². The molecule has 1 aromatic heterocycles. The highest BCUT2D eigenvalue weighted by Gasteiger charge is 2.23. The summed E-state index contributed by atoms with van der Waals surface area (Å²) in [5.41, 5.74) is 2.88. The second-order valence-corrected chi connectivity index (χ2v) is 8.47. The summed E-state index contributed by atoms with van der Waals surface area (Å²) in [6.07, 6.45) is -0.705. The molecule has 1 atom stereocenters. The van der Waals surface area contributed by atoms with Crippen LogP contribution in [0, 0.1) is 18.6 Å². The smallest absolute Gasteiger partial charge is 0.227 e. The van der Waals surface area contributed by atoms with E-state index in [9.17, 15) is 13.9 Å². The largest absolute Gasteiger partial charge is 0.438 e. The van der Waals surface area contributed by atoms with Crippen LogP contribution in [0.2, 0.25) is 0 Å². The van der Waals surface area contributed by atoms with Gasteiger partial charge in [-0.2, -0.15) is 5.10 Å². The molecule has 6 nitrogen and oxygen atoms in total. The van der Waals surface area contributed by atoms with Gasteiger partial charge in [0.15, 0.2) is 0 Å². The summed E-state index contributed by atoms with van der Waals surface area (Å²) in [4.78, 5) is 2.05. The molecular formula is C28H29F2N3O3. The summed E-state index contributed by atoms with van der Waals surface area (Å²) >= 11 is 0. The molecule has 0 amide bonds. The second kappa shape index (κ2) is 11.9. The second-order valence-electron chi connectivity index (χ2n) is 8.47. The van der Waals surface area contributed by atoms with Gasteiger partial charge in [0.2, 0.25) is 5.88 Å². The average Bonchev–Trinajstić information content (AvgIpc) is 3.18. The highest BCUT2D eigenvalue weighted by atomic mass is 19.1. The maximum Gasteiger partial charge on any atom is 0.227 e. The lowest BCUT2D eigenvalue weighted by Gasteiger charge is -2.25. The van der Waals surface area contributed by atoms with Crippen molar-refractivity contribution in [3.05, 3.63) is 107 Å². The maximum atomic E-state index is 13.9. The molecule has 0 saturated heterocycles. The summed E-state index contributed by atoms with van der Waals surface area (Å²) in [6.45, 7) is 3.63. The molecule has 0 aliphatic carbocycles. The predicted octanol–water partition coefficient (Wildman–Crippen LogP) is 5.43. The van der Waals surface area contributed by atoms with Crippen LogP contribution in [0.15, 0.2) is 78.9 Å². The fourth-order valence-corrected chi connectivity index (χ4v) is 3.93. The van der Waals surface area contributed by atoms with Crippen molar-refractivity contribution in [2.75, 3.05) is 26.8 Å². The minimum Gasteiger partial charge on any atom is -0.438 e. The molecule has 1 unspecified atom stereocenters. The van der Waals surface area contributed by atoms with Gasteiger partial charge in [-0.3, -0.25) is 4.90 Å². The topological polar surface area (TPSA) is 59.8 Å². The molecule has 4 aromatic rings. The molecule has 0 bridgehead atoms. The first kappa shape index (κ1) is 25.5. The monoisotopic (exact) mass is 493 g/mol. The Labute approximate surface area is 209 Å². The molecule has 0 aliphatic rings. The number of aliphatic hydroxyl groups excluding tert-OH is 1. The SMILES string of the molecule is COCCN(Cc1c(C)nn(-c2ccc(F)cc2)c1Oc1cccc(F)c1)CC(O)c1ccccc1. The normalized spacial score (nSPS) is 12.2. The number of aliphatic hydroxyl groups is 1. The van der Waals surface area contributed by atoms with Crippen LogP contribution in [-0.4, -0.2) is 46.6 Å². The Kier molecular flexibility index (Phi) is 8.43. The molecule has 0 aliphatic heterocycles. The number of halogens is 2. The molecule has 0 saturated carbocycles. The van der Waals surface area contributed by atoms with Gasteiger partial charge in [-0.25, -0.2) is 13.5 Å². The van der Waals surface area contributed by atoms with Gasteiger partial charge in [0.25, 0.3) is 0 Å². The van der Waals surface area contributed by atoms with E-state index < -0.39 is 11.9 Å². The van der Waals surface area contributed by atoms with Crippen molar-refractivity contribution in [1.82, 2.24) is 14.7 Å². The molecule has 36 heavy (non-hydrogen) atoms. The van der Waals surface area contributed by atoms with Crippen molar-refractivity contribution in [3.63, 3.8) is 0 Å². The van der Waals surface area contributed by atoms with Crippen molar-refractivity contribution in [2.45, 2.75) is 19.6 Å². The maximum absolute atomic E-state index is 13.9. The van der Waals surface area contributed by atoms with Crippen LogP contribution >= 0.6 is 0 Å². The summed E-state index contributed by atoms with van der Waals surface area (Å²) in [5.74, 6) is -0.0870. The van der Waals surface area contributed by atoms with Crippen LogP contribution < -0.4 is 4.74 Å². The van der Waals surface area contributed by atoms with E-state index in [4.69, 9.17) is 9.47 Å². The van der Waals surface area contributed by atoms with Crippen molar-refractivity contribution < 1.29 is 23.4 Å². The Balaban J connectivity index is 1.69. The number of aryl methyl sites for hydroxylation is 1. The molecule has 0 spiro atoms. The number of rotatable bonds is 11. The number of aromatic nitrogens is 2.